The lowest BCUT2D eigenvalue weighted by Crippen LogP contribution is -2.45. The quantitative estimate of drug-likeness (QED) is 0.762. The number of nitrogens with one attached hydrogen (secondary N) is 1. The maximum Gasteiger partial charge on any atom is 0.242 e. The van der Waals surface area contributed by atoms with Gasteiger partial charge in [0.1, 0.15) is 5.54 Å². The zero-order chi connectivity index (χ0) is 12.2. The van der Waals surface area contributed by atoms with Crippen LogP contribution in [0.4, 0.5) is 5.95 Å². The largest absolute Gasteiger partial charge is 0.478 e. The molecule has 0 aliphatic carbocycles. The van der Waals surface area contributed by atoms with Crippen LogP contribution in [-0.2, 0) is 4.79 Å². The molecule has 6 nitrogen and oxygen atoms in total. The SMILES string of the molecule is CCOc1ccnc(NC(C)(C)C(N)=O)n1. The van der Waals surface area contributed by atoms with Crippen molar-refractivity contribution in [3.05, 3.63) is 12.3 Å². The van der Waals surface area contributed by atoms with Gasteiger partial charge in [0, 0.05) is 12.3 Å². The molecule has 16 heavy (non-hydrogen) atoms. The van der Waals surface area contributed by atoms with Crippen LogP contribution in [0.25, 0.3) is 0 Å². The Balaban J connectivity index is 2.81. The number of hydrogen-bond donors (Lipinski definition) is 2. The van der Waals surface area contributed by atoms with E-state index in [0.29, 0.717) is 18.4 Å². The van der Waals surface area contributed by atoms with Gasteiger partial charge in [0.15, 0.2) is 0 Å². The first-order valence-electron chi connectivity index (χ1n) is 4.99. The van der Waals surface area contributed by atoms with Gasteiger partial charge in [-0.1, -0.05) is 0 Å². The Labute approximate surface area is 94.2 Å². The normalized spacial score (nSPS) is 10.9. The molecule has 3 N–H and O–H groups in total. The molecule has 0 aromatic carbocycles. The number of ether oxygens (including phenoxy) is 1. The van der Waals surface area contributed by atoms with Crippen LogP contribution in [0.5, 0.6) is 5.88 Å². The van der Waals surface area contributed by atoms with Crippen molar-refractivity contribution in [2.75, 3.05) is 11.9 Å². The molecule has 6 heteroatoms. The topological polar surface area (TPSA) is 90.1 Å². The third-order valence-corrected chi connectivity index (χ3v) is 1.96. The second kappa shape index (κ2) is 4.78. The Morgan fingerprint density at radius 2 is 2.31 bits per heavy atom. The molecule has 1 amide bonds. The van der Waals surface area contributed by atoms with Crippen LogP contribution in [0, 0.1) is 0 Å². The predicted molar refractivity (Wildman–Crippen MR) is 60.1 cm³/mol. The molecular weight excluding hydrogens is 208 g/mol. The molecule has 0 atom stereocenters. The van der Waals surface area contributed by atoms with Crippen molar-refractivity contribution < 1.29 is 9.53 Å². The molecule has 0 unspecified atom stereocenters. The molecule has 0 spiro atoms. The second-order valence-corrected chi connectivity index (χ2v) is 3.77. The molecule has 1 rings (SSSR count). The zero-order valence-electron chi connectivity index (χ0n) is 9.65. The molecule has 0 saturated carbocycles. The Morgan fingerprint density at radius 3 is 2.88 bits per heavy atom. The van der Waals surface area contributed by atoms with Gasteiger partial charge in [0.25, 0.3) is 0 Å². The number of anilines is 1. The number of rotatable bonds is 5. The first kappa shape index (κ1) is 12.2. The van der Waals surface area contributed by atoms with E-state index in [4.69, 9.17) is 10.5 Å². The minimum atomic E-state index is -0.898. The number of nitrogens with zero attached hydrogens (tertiary/aromatic N) is 2. The van der Waals surface area contributed by atoms with Crippen molar-refractivity contribution in [1.82, 2.24) is 9.97 Å². The van der Waals surface area contributed by atoms with E-state index in [1.165, 1.54) is 0 Å². The fraction of sp³-hybridized carbons (Fsp3) is 0.500. The van der Waals surface area contributed by atoms with Crippen molar-refractivity contribution in [3.8, 4) is 5.88 Å². The van der Waals surface area contributed by atoms with Gasteiger partial charge in [-0.2, -0.15) is 4.98 Å². The maximum atomic E-state index is 11.1. The molecule has 1 aromatic rings. The Morgan fingerprint density at radius 1 is 1.62 bits per heavy atom. The molecule has 0 saturated heterocycles. The van der Waals surface area contributed by atoms with E-state index in [-0.39, 0.29) is 0 Å². The van der Waals surface area contributed by atoms with Gasteiger partial charge in [-0.15, -0.1) is 0 Å². The van der Waals surface area contributed by atoms with Crippen LogP contribution in [-0.4, -0.2) is 28.0 Å². The van der Waals surface area contributed by atoms with E-state index in [0.717, 1.165) is 0 Å². The summed E-state index contributed by atoms with van der Waals surface area (Å²) in [6, 6.07) is 1.64. The lowest BCUT2D eigenvalue weighted by Gasteiger charge is -2.22. The average molecular weight is 224 g/mol. The summed E-state index contributed by atoms with van der Waals surface area (Å²) in [5.41, 5.74) is 4.33. The molecule has 88 valence electrons. The van der Waals surface area contributed by atoms with Gasteiger partial charge in [0.2, 0.25) is 17.7 Å². The van der Waals surface area contributed by atoms with Gasteiger partial charge in [0.05, 0.1) is 6.61 Å². The summed E-state index contributed by atoms with van der Waals surface area (Å²) in [4.78, 5) is 19.2. The Hall–Kier alpha value is -1.85. The van der Waals surface area contributed by atoms with Crippen molar-refractivity contribution in [2.24, 2.45) is 5.73 Å². The number of aromatic nitrogens is 2. The first-order chi connectivity index (χ1) is 7.45. The van der Waals surface area contributed by atoms with E-state index in [1.807, 2.05) is 6.92 Å². The highest BCUT2D eigenvalue weighted by molar-refractivity contribution is 5.86. The highest BCUT2D eigenvalue weighted by Gasteiger charge is 2.25. The standard InChI is InChI=1S/C10H16N4O2/c1-4-16-7-5-6-12-9(13-7)14-10(2,3)8(11)15/h5-6H,4H2,1-3H3,(H2,11,15)(H,12,13,14). The number of amides is 1. The third kappa shape index (κ3) is 3.08. The molecule has 0 fully saturated rings. The monoisotopic (exact) mass is 224 g/mol. The first-order valence-corrected chi connectivity index (χ1v) is 4.99. The van der Waals surface area contributed by atoms with E-state index in [9.17, 15) is 4.79 Å². The highest BCUT2D eigenvalue weighted by Crippen LogP contribution is 2.13. The molecule has 1 heterocycles. The molecule has 0 aliphatic rings. The Bertz CT molecular complexity index is 379. The third-order valence-electron chi connectivity index (χ3n) is 1.96. The average Bonchev–Trinajstić information content (AvgIpc) is 2.17. The lowest BCUT2D eigenvalue weighted by atomic mass is 10.1. The fourth-order valence-electron chi connectivity index (χ4n) is 0.972. The summed E-state index contributed by atoms with van der Waals surface area (Å²) in [5, 5.41) is 2.84. The summed E-state index contributed by atoms with van der Waals surface area (Å²) in [6.45, 7) is 5.70. The lowest BCUT2D eigenvalue weighted by molar-refractivity contribution is -0.121. The van der Waals surface area contributed by atoms with Crippen LogP contribution in [0.3, 0.4) is 0 Å². The summed E-state index contributed by atoms with van der Waals surface area (Å²) in [6.07, 6.45) is 1.55. The van der Waals surface area contributed by atoms with Gasteiger partial charge in [-0.25, -0.2) is 4.98 Å². The van der Waals surface area contributed by atoms with Gasteiger partial charge >= 0.3 is 0 Å². The van der Waals surface area contributed by atoms with Crippen molar-refractivity contribution in [1.29, 1.82) is 0 Å². The zero-order valence-corrected chi connectivity index (χ0v) is 9.65. The molecular formula is C10H16N4O2. The maximum absolute atomic E-state index is 11.1. The smallest absolute Gasteiger partial charge is 0.242 e. The number of carbonyl (C=O) groups is 1. The van der Waals surface area contributed by atoms with Crippen molar-refractivity contribution in [3.63, 3.8) is 0 Å². The fourth-order valence-corrected chi connectivity index (χ4v) is 0.972. The van der Waals surface area contributed by atoms with Gasteiger partial charge < -0.3 is 15.8 Å². The number of primary amides is 1. The highest BCUT2D eigenvalue weighted by atomic mass is 16.5. The molecule has 0 radical (unpaired) electrons. The second-order valence-electron chi connectivity index (χ2n) is 3.77. The summed E-state index contributed by atoms with van der Waals surface area (Å²) >= 11 is 0. The number of hydrogen-bond acceptors (Lipinski definition) is 5. The number of carbonyl (C=O) groups excluding carboxylic acids is 1. The van der Waals surface area contributed by atoms with Crippen molar-refractivity contribution in [2.45, 2.75) is 26.3 Å². The van der Waals surface area contributed by atoms with Crippen LogP contribution in [0.1, 0.15) is 20.8 Å². The molecule has 0 aliphatic heterocycles. The Kier molecular flexibility index (Phi) is 3.65. The van der Waals surface area contributed by atoms with Gasteiger partial charge in [-0.05, 0) is 20.8 Å². The van der Waals surface area contributed by atoms with Crippen LogP contribution in [0.15, 0.2) is 12.3 Å². The summed E-state index contributed by atoms with van der Waals surface area (Å²) in [5.74, 6) is 0.299. The van der Waals surface area contributed by atoms with E-state index in [2.05, 4.69) is 15.3 Å². The van der Waals surface area contributed by atoms with Crippen molar-refractivity contribution >= 4 is 11.9 Å². The van der Waals surface area contributed by atoms with Gasteiger partial charge in [-0.3, -0.25) is 4.79 Å². The van der Waals surface area contributed by atoms with Crippen LogP contribution >= 0.6 is 0 Å². The molecule has 1 aromatic heterocycles. The summed E-state index contributed by atoms with van der Waals surface area (Å²) < 4.78 is 5.21. The van der Waals surface area contributed by atoms with Crippen LogP contribution < -0.4 is 15.8 Å². The minimum absolute atomic E-state index is 0.315. The van der Waals surface area contributed by atoms with Crippen LogP contribution in [0.2, 0.25) is 0 Å². The predicted octanol–water partition coefficient (Wildman–Crippen LogP) is 0.551. The number of nitrogens with two attached hydrogens (primary N) is 1. The van der Waals surface area contributed by atoms with E-state index >= 15 is 0 Å². The summed E-state index contributed by atoms with van der Waals surface area (Å²) in [7, 11) is 0. The minimum Gasteiger partial charge on any atom is -0.478 e. The molecule has 0 bridgehead atoms. The van der Waals surface area contributed by atoms with E-state index < -0.39 is 11.4 Å². The van der Waals surface area contributed by atoms with E-state index in [1.54, 1.807) is 26.1 Å².